The van der Waals surface area contributed by atoms with Gasteiger partial charge >= 0.3 is 5.97 Å². The fourth-order valence-electron chi connectivity index (χ4n) is 2.13. The molecule has 0 spiro atoms. The highest BCUT2D eigenvalue weighted by atomic mass is 16.4. The van der Waals surface area contributed by atoms with Crippen molar-refractivity contribution in [3.05, 3.63) is 23.3 Å². The van der Waals surface area contributed by atoms with E-state index < -0.39 is 5.97 Å². The Kier molecular flexibility index (Phi) is 5.63. The van der Waals surface area contributed by atoms with E-state index in [4.69, 9.17) is 16.6 Å². The first kappa shape index (κ1) is 15.3. The molecule has 1 aromatic rings. The van der Waals surface area contributed by atoms with Gasteiger partial charge in [0.15, 0.2) is 0 Å². The molecule has 1 aromatic carbocycles. The number of carbonyl (C=O) groups is 1. The van der Waals surface area contributed by atoms with Gasteiger partial charge in [-0.05, 0) is 44.0 Å². The molecule has 19 heavy (non-hydrogen) atoms. The van der Waals surface area contributed by atoms with Gasteiger partial charge in [-0.25, -0.2) is 4.79 Å². The Balaban J connectivity index is 2.76. The summed E-state index contributed by atoms with van der Waals surface area (Å²) in [5, 5.41) is 12.5. The minimum atomic E-state index is -0.969. The molecule has 0 amide bonds. The van der Waals surface area contributed by atoms with E-state index in [-0.39, 0.29) is 5.56 Å². The quantitative estimate of drug-likeness (QED) is 0.564. The van der Waals surface area contributed by atoms with Crippen molar-refractivity contribution in [3.8, 4) is 0 Å². The van der Waals surface area contributed by atoms with Gasteiger partial charge in [0.05, 0.1) is 16.9 Å². The fraction of sp³-hybridized carbons (Fsp3) is 0.500. The molecule has 0 aliphatic heterocycles. The van der Waals surface area contributed by atoms with Crippen LogP contribution in [0.2, 0.25) is 0 Å². The predicted molar refractivity (Wildman–Crippen MR) is 78.3 cm³/mol. The summed E-state index contributed by atoms with van der Waals surface area (Å²) in [6.07, 6.45) is 2.78. The summed E-state index contributed by atoms with van der Waals surface area (Å²) in [6.45, 7) is 4.94. The van der Waals surface area contributed by atoms with Crippen LogP contribution in [0.4, 0.5) is 11.4 Å². The van der Waals surface area contributed by atoms with E-state index in [1.54, 1.807) is 0 Å². The van der Waals surface area contributed by atoms with Crippen molar-refractivity contribution in [1.29, 1.82) is 0 Å². The molecule has 0 saturated heterocycles. The molecule has 5 heteroatoms. The Morgan fingerprint density at radius 2 is 2.11 bits per heavy atom. The number of anilines is 2. The van der Waals surface area contributed by atoms with Gasteiger partial charge in [0.2, 0.25) is 0 Å². The number of nitrogens with one attached hydrogen (secondary N) is 1. The van der Waals surface area contributed by atoms with Crippen molar-refractivity contribution in [2.75, 3.05) is 18.0 Å². The third-order valence-electron chi connectivity index (χ3n) is 3.21. The zero-order valence-electron chi connectivity index (χ0n) is 11.6. The molecule has 6 N–H and O–H groups in total. The third-order valence-corrected chi connectivity index (χ3v) is 3.21. The highest BCUT2D eigenvalue weighted by molar-refractivity contribution is 5.93. The van der Waals surface area contributed by atoms with Gasteiger partial charge < -0.3 is 21.9 Å². The van der Waals surface area contributed by atoms with Gasteiger partial charge in [-0.2, -0.15) is 0 Å². The van der Waals surface area contributed by atoms with Crippen molar-refractivity contribution in [2.45, 2.75) is 39.2 Å². The van der Waals surface area contributed by atoms with Crippen molar-refractivity contribution in [2.24, 2.45) is 0 Å². The lowest BCUT2D eigenvalue weighted by atomic mass is 10.0. The summed E-state index contributed by atoms with van der Waals surface area (Å²) < 4.78 is 0. The minimum absolute atomic E-state index is 0.233. The molecule has 0 saturated carbocycles. The number of hydrogen-bond donors (Lipinski definition) is 4. The lowest BCUT2D eigenvalue weighted by molar-refractivity contribution is 0.0696. The first-order valence-corrected chi connectivity index (χ1v) is 6.60. The average Bonchev–Trinajstić information content (AvgIpc) is 2.34. The average molecular weight is 265 g/mol. The Hall–Kier alpha value is -1.75. The molecule has 1 atom stereocenters. The normalized spacial score (nSPS) is 12.3. The molecule has 1 unspecified atom stereocenters. The molecule has 106 valence electrons. The summed E-state index contributed by atoms with van der Waals surface area (Å²) in [7, 11) is 0. The fourth-order valence-corrected chi connectivity index (χ4v) is 2.13. The van der Waals surface area contributed by atoms with Gasteiger partial charge in [0.25, 0.3) is 0 Å². The second kappa shape index (κ2) is 6.99. The summed E-state index contributed by atoms with van der Waals surface area (Å²) in [5.74, 6) is -0.969. The molecule has 0 bridgehead atoms. The highest BCUT2D eigenvalue weighted by Gasteiger charge is 2.14. The van der Waals surface area contributed by atoms with Crippen LogP contribution < -0.4 is 16.8 Å². The smallest absolute Gasteiger partial charge is 0.336 e. The number of benzene rings is 1. The van der Waals surface area contributed by atoms with Crippen molar-refractivity contribution < 1.29 is 9.90 Å². The number of carboxylic acid groups (broad SMARTS) is 1. The maximum atomic E-state index is 11.2. The van der Waals surface area contributed by atoms with Crippen molar-refractivity contribution >= 4 is 17.3 Å². The zero-order chi connectivity index (χ0) is 14.4. The van der Waals surface area contributed by atoms with Crippen molar-refractivity contribution in [1.82, 2.24) is 5.32 Å². The molecule has 1 rings (SSSR count). The van der Waals surface area contributed by atoms with Crippen LogP contribution in [0.3, 0.4) is 0 Å². The summed E-state index contributed by atoms with van der Waals surface area (Å²) >= 11 is 0. The van der Waals surface area contributed by atoms with Crippen LogP contribution in [0.5, 0.6) is 0 Å². The molecule has 0 aliphatic carbocycles. The molecule has 0 aliphatic rings. The highest BCUT2D eigenvalue weighted by Crippen LogP contribution is 2.24. The van der Waals surface area contributed by atoms with Crippen LogP contribution in [0, 0.1) is 0 Å². The van der Waals surface area contributed by atoms with E-state index in [9.17, 15) is 4.79 Å². The lowest BCUT2D eigenvalue weighted by Gasteiger charge is -2.15. The Labute approximate surface area is 114 Å². The first-order valence-electron chi connectivity index (χ1n) is 6.60. The predicted octanol–water partition coefficient (Wildman–Crippen LogP) is 1.87. The minimum Gasteiger partial charge on any atom is -0.478 e. The molecule has 0 heterocycles. The van der Waals surface area contributed by atoms with Gasteiger partial charge in [-0.1, -0.05) is 13.3 Å². The Morgan fingerprint density at radius 1 is 1.42 bits per heavy atom. The summed E-state index contributed by atoms with van der Waals surface area (Å²) in [6, 6.07) is 3.47. The maximum absolute atomic E-state index is 11.2. The third kappa shape index (κ3) is 4.13. The number of carboxylic acids is 1. The van der Waals surface area contributed by atoms with E-state index in [2.05, 4.69) is 19.2 Å². The van der Waals surface area contributed by atoms with Crippen LogP contribution in [-0.2, 0) is 6.42 Å². The van der Waals surface area contributed by atoms with E-state index in [0.29, 0.717) is 35.9 Å². The maximum Gasteiger partial charge on any atom is 0.336 e. The van der Waals surface area contributed by atoms with Crippen LogP contribution in [0.25, 0.3) is 0 Å². The van der Waals surface area contributed by atoms with Gasteiger partial charge in [-0.3, -0.25) is 0 Å². The summed E-state index contributed by atoms with van der Waals surface area (Å²) in [5.41, 5.74) is 13.3. The SMILES string of the molecule is CCCC(C)NCCc1c(C(=O)O)ccc(N)c1N. The van der Waals surface area contributed by atoms with Crippen LogP contribution in [-0.4, -0.2) is 23.7 Å². The zero-order valence-corrected chi connectivity index (χ0v) is 11.6. The van der Waals surface area contributed by atoms with Crippen molar-refractivity contribution in [3.63, 3.8) is 0 Å². The molecule has 5 nitrogen and oxygen atoms in total. The number of rotatable bonds is 7. The number of nitrogen functional groups attached to an aromatic ring is 2. The Bertz CT molecular complexity index is 447. The molecule has 0 radical (unpaired) electrons. The van der Waals surface area contributed by atoms with Gasteiger partial charge in [0, 0.05) is 6.04 Å². The number of nitrogens with two attached hydrogens (primary N) is 2. The second-order valence-electron chi connectivity index (χ2n) is 4.79. The lowest BCUT2D eigenvalue weighted by Crippen LogP contribution is -2.28. The van der Waals surface area contributed by atoms with E-state index >= 15 is 0 Å². The van der Waals surface area contributed by atoms with Crippen LogP contribution in [0.1, 0.15) is 42.6 Å². The second-order valence-corrected chi connectivity index (χ2v) is 4.79. The largest absolute Gasteiger partial charge is 0.478 e. The first-order chi connectivity index (χ1) is 8.97. The number of hydrogen-bond acceptors (Lipinski definition) is 4. The molecular weight excluding hydrogens is 242 g/mol. The number of aromatic carboxylic acids is 1. The van der Waals surface area contributed by atoms with E-state index in [0.717, 1.165) is 12.8 Å². The van der Waals surface area contributed by atoms with E-state index in [1.165, 1.54) is 12.1 Å². The van der Waals surface area contributed by atoms with Crippen LogP contribution >= 0.6 is 0 Å². The molecule has 0 fully saturated rings. The summed E-state index contributed by atoms with van der Waals surface area (Å²) in [4.78, 5) is 11.2. The van der Waals surface area contributed by atoms with Crippen LogP contribution in [0.15, 0.2) is 12.1 Å². The molecular formula is C14H23N3O2. The monoisotopic (exact) mass is 265 g/mol. The standard InChI is InChI=1S/C14H23N3O2/c1-3-4-9(2)17-8-7-10-11(14(18)19)5-6-12(15)13(10)16/h5-6,9,17H,3-4,7-8,15-16H2,1-2H3,(H,18,19). The molecule has 0 aromatic heterocycles. The van der Waals surface area contributed by atoms with E-state index in [1.807, 2.05) is 0 Å². The van der Waals surface area contributed by atoms with Gasteiger partial charge in [0.1, 0.15) is 0 Å². The van der Waals surface area contributed by atoms with Gasteiger partial charge in [-0.15, -0.1) is 0 Å². The topological polar surface area (TPSA) is 101 Å². The Morgan fingerprint density at radius 3 is 2.68 bits per heavy atom.